The number of fused-ring (bicyclic) bond motifs is 3. The van der Waals surface area contributed by atoms with Crippen LogP contribution in [0.5, 0.6) is 0 Å². The van der Waals surface area contributed by atoms with Crippen molar-refractivity contribution in [3.63, 3.8) is 0 Å². The molecule has 182 valence electrons. The van der Waals surface area contributed by atoms with Crippen LogP contribution < -0.4 is 0 Å². The highest BCUT2D eigenvalue weighted by molar-refractivity contribution is 6.80. The van der Waals surface area contributed by atoms with Crippen LogP contribution in [0.2, 0.25) is 19.6 Å². The molecular formula is C24H40O7Si. The number of ether oxygens (including phenoxy) is 5. The fourth-order valence-corrected chi connectivity index (χ4v) is 6.20. The number of esters is 1. The molecule has 3 saturated heterocycles. The van der Waals surface area contributed by atoms with Gasteiger partial charge in [0.2, 0.25) is 0 Å². The molecule has 4 aliphatic rings. The lowest BCUT2D eigenvalue weighted by Crippen LogP contribution is -2.62. The molecule has 3 heterocycles. The number of aliphatic hydroxyl groups is 1. The Morgan fingerprint density at radius 1 is 1.09 bits per heavy atom. The van der Waals surface area contributed by atoms with E-state index in [0.29, 0.717) is 6.61 Å². The van der Waals surface area contributed by atoms with Gasteiger partial charge in [0.1, 0.15) is 30.5 Å². The zero-order chi connectivity index (χ0) is 22.9. The first-order valence-corrected chi connectivity index (χ1v) is 16.0. The van der Waals surface area contributed by atoms with Gasteiger partial charge in [0, 0.05) is 12.8 Å². The second-order valence-corrected chi connectivity index (χ2v) is 15.9. The third kappa shape index (κ3) is 5.47. The zero-order valence-corrected chi connectivity index (χ0v) is 21.0. The van der Waals surface area contributed by atoms with Crippen LogP contribution in [0.1, 0.15) is 58.3 Å². The van der Waals surface area contributed by atoms with E-state index in [-0.39, 0.29) is 36.8 Å². The largest absolute Gasteiger partial charge is 0.466 e. The molecule has 1 spiro atoms. The topological polar surface area (TPSA) is 83.5 Å². The maximum Gasteiger partial charge on any atom is 0.308 e. The lowest BCUT2D eigenvalue weighted by atomic mass is 9.87. The summed E-state index contributed by atoms with van der Waals surface area (Å²) in [6.45, 7) is 8.89. The number of rotatable bonds is 6. The third-order valence-electron chi connectivity index (χ3n) is 6.94. The molecule has 7 nitrogen and oxygen atoms in total. The molecule has 0 aromatic carbocycles. The van der Waals surface area contributed by atoms with E-state index in [0.717, 1.165) is 38.5 Å². The summed E-state index contributed by atoms with van der Waals surface area (Å²) in [7, 11) is -1.46. The minimum absolute atomic E-state index is 0.183. The van der Waals surface area contributed by atoms with Gasteiger partial charge < -0.3 is 28.8 Å². The van der Waals surface area contributed by atoms with Crippen LogP contribution >= 0.6 is 0 Å². The Kier molecular flexibility index (Phi) is 7.49. The molecule has 1 saturated carbocycles. The van der Waals surface area contributed by atoms with Crippen molar-refractivity contribution in [1.82, 2.24) is 0 Å². The van der Waals surface area contributed by atoms with Gasteiger partial charge in [0.05, 0.1) is 33.3 Å². The Hall–Kier alpha value is -0.773. The molecule has 0 bridgehead atoms. The van der Waals surface area contributed by atoms with E-state index in [1.165, 1.54) is 6.42 Å². The average Bonchev–Trinajstić information content (AvgIpc) is 3.10. The maximum atomic E-state index is 12.0. The standard InChI is InChI=1S/C24H40O7Si/c1-5-27-19(26)15-16-9-10-18-21(28-16)23-22(30-24(31-23)12-7-6-8-13-24)20(29-18)17(25)11-14-32(2,3)4/h11,14,16-18,20-23,25H,5-10,12-13,15H2,1-4H3/b14-11+/t16-,17+,18+,20+,21+,22-,23+/m1/s1. The molecule has 4 fully saturated rings. The Bertz CT molecular complexity index is 684. The Labute approximate surface area is 192 Å². The van der Waals surface area contributed by atoms with Crippen molar-refractivity contribution in [2.24, 2.45) is 0 Å². The second-order valence-electron chi connectivity index (χ2n) is 10.8. The van der Waals surface area contributed by atoms with Crippen molar-refractivity contribution < 1.29 is 33.6 Å². The van der Waals surface area contributed by atoms with Crippen molar-refractivity contribution in [2.45, 2.75) is 126 Å². The van der Waals surface area contributed by atoms with E-state index in [1.807, 2.05) is 13.0 Å². The highest BCUT2D eigenvalue weighted by Gasteiger charge is 2.60. The first kappa shape index (κ1) is 24.4. The van der Waals surface area contributed by atoms with E-state index in [9.17, 15) is 9.90 Å². The minimum Gasteiger partial charge on any atom is -0.466 e. The monoisotopic (exact) mass is 468 g/mol. The molecule has 1 N–H and O–H groups in total. The number of hydrogen-bond acceptors (Lipinski definition) is 7. The van der Waals surface area contributed by atoms with E-state index < -0.39 is 32.2 Å². The smallest absolute Gasteiger partial charge is 0.308 e. The van der Waals surface area contributed by atoms with Gasteiger partial charge in [0.15, 0.2) is 5.79 Å². The fourth-order valence-electron chi connectivity index (χ4n) is 5.43. The van der Waals surface area contributed by atoms with Crippen molar-refractivity contribution in [2.75, 3.05) is 6.61 Å². The highest BCUT2D eigenvalue weighted by atomic mass is 28.3. The summed E-state index contributed by atoms with van der Waals surface area (Å²) in [5.41, 5.74) is 2.15. The van der Waals surface area contributed by atoms with Gasteiger partial charge in [-0.25, -0.2) is 0 Å². The fraction of sp³-hybridized carbons (Fsp3) is 0.875. The third-order valence-corrected chi connectivity index (χ3v) is 8.13. The number of aliphatic hydroxyl groups excluding tert-OH is 1. The van der Waals surface area contributed by atoms with Crippen molar-refractivity contribution >= 4 is 14.0 Å². The first-order valence-electron chi connectivity index (χ1n) is 12.4. The van der Waals surface area contributed by atoms with E-state index in [1.54, 1.807) is 0 Å². The quantitative estimate of drug-likeness (QED) is 0.472. The van der Waals surface area contributed by atoms with Gasteiger partial charge in [-0.15, -0.1) is 0 Å². The summed E-state index contributed by atoms with van der Waals surface area (Å²) in [6, 6.07) is 0. The molecule has 32 heavy (non-hydrogen) atoms. The van der Waals surface area contributed by atoms with E-state index >= 15 is 0 Å². The highest BCUT2D eigenvalue weighted by Crippen LogP contribution is 2.48. The second kappa shape index (κ2) is 9.84. The number of carbonyl (C=O) groups is 1. The number of carbonyl (C=O) groups excluding carboxylic acids is 1. The number of hydrogen-bond donors (Lipinski definition) is 1. The maximum absolute atomic E-state index is 12.0. The van der Waals surface area contributed by atoms with Gasteiger partial charge in [0.25, 0.3) is 0 Å². The molecule has 8 heteroatoms. The predicted molar refractivity (Wildman–Crippen MR) is 122 cm³/mol. The summed E-state index contributed by atoms with van der Waals surface area (Å²) in [4.78, 5) is 12.0. The molecule has 0 radical (unpaired) electrons. The molecular weight excluding hydrogens is 428 g/mol. The van der Waals surface area contributed by atoms with E-state index in [4.69, 9.17) is 23.7 Å². The van der Waals surface area contributed by atoms with Crippen LogP contribution in [-0.2, 0) is 28.5 Å². The van der Waals surface area contributed by atoms with Crippen molar-refractivity contribution in [3.05, 3.63) is 11.8 Å². The summed E-state index contributed by atoms with van der Waals surface area (Å²) in [5, 5.41) is 11.1. The molecule has 3 aliphatic heterocycles. The van der Waals surface area contributed by atoms with Crippen LogP contribution in [0.3, 0.4) is 0 Å². The minimum atomic E-state index is -1.46. The predicted octanol–water partition coefficient (Wildman–Crippen LogP) is 3.49. The molecule has 0 aromatic rings. The Morgan fingerprint density at radius 3 is 2.50 bits per heavy atom. The lowest BCUT2D eigenvalue weighted by molar-refractivity contribution is -0.250. The van der Waals surface area contributed by atoms with Crippen LogP contribution in [0, 0.1) is 0 Å². The molecule has 4 rings (SSSR count). The molecule has 0 aromatic heterocycles. The summed E-state index contributed by atoms with van der Waals surface area (Å²) < 4.78 is 31.1. The Morgan fingerprint density at radius 2 is 1.81 bits per heavy atom. The summed E-state index contributed by atoms with van der Waals surface area (Å²) in [5.74, 6) is -0.842. The van der Waals surface area contributed by atoms with Crippen molar-refractivity contribution in [1.29, 1.82) is 0 Å². The molecule has 0 amide bonds. The molecule has 1 aliphatic carbocycles. The Balaban J connectivity index is 1.53. The van der Waals surface area contributed by atoms with Crippen LogP contribution in [0.25, 0.3) is 0 Å². The molecule has 7 atom stereocenters. The zero-order valence-electron chi connectivity index (χ0n) is 20.0. The van der Waals surface area contributed by atoms with Gasteiger partial charge in [-0.05, 0) is 32.6 Å². The normalized spacial score (nSPS) is 37.8. The van der Waals surface area contributed by atoms with Crippen molar-refractivity contribution in [3.8, 4) is 0 Å². The van der Waals surface area contributed by atoms with Crippen LogP contribution in [0.15, 0.2) is 11.8 Å². The lowest BCUT2D eigenvalue weighted by Gasteiger charge is -2.47. The first-order chi connectivity index (χ1) is 15.2. The average molecular weight is 469 g/mol. The van der Waals surface area contributed by atoms with E-state index in [2.05, 4.69) is 25.3 Å². The molecule has 0 unspecified atom stereocenters. The van der Waals surface area contributed by atoms with Crippen LogP contribution in [0.4, 0.5) is 0 Å². The SMILES string of the molecule is CCOC(=O)C[C@H]1CC[C@@H]2O[C@@H]([C@@H](O)/C=C/[Si](C)(C)C)[C@H]3OC4(CCCCC4)O[C@H]3[C@H]2O1. The van der Waals surface area contributed by atoms with Crippen LogP contribution in [-0.4, -0.2) is 74.3 Å². The van der Waals surface area contributed by atoms with Gasteiger partial charge in [-0.1, -0.05) is 37.8 Å². The van der Waals surface area contributed by atoms with Gasteiger partial charge in [-0.2, -0.15) is 0 Å². The van der Waals surface area contributed by atoms with Gasteiger partial charge >= 0.3 is 5.97 Å². The summed E-state index contributed by atoms with van der Waals surface area (Å²) in [6.07, 6.45) is 6.02. The van der Waals surface area contributed by atoms with Gasteiger partial charge in [-0.3, -0.25) is 4.79 Å². The summed E-state index contributed by atoms with van der Waals surface area (Å²) >= 11 is 0.